The summed E-state index contributed by atoms with van der Waals surface area (Å²) in [6.45, 7) is 2.86. The third-order valence-corrected chi connectivity index (χ3v) is 3.23. The van der Waals surface area contributed by atoms with Crippen LogP contribution in [0, 0.1) is 18.6 Å². The number of nitrogens with one attached hydrogen (secondary N) is 1. The third kappa shape index (κ3) is 3.65. The molecule has 0 saturated heterocycles. The lowest BCUT2D eigenvalue weighted by atomic mass is 9.95. The lowest BCUT2D eigenvalue weighted by Crippen LogP contribution is -2.39. The van der Waals surface area contributed by atoms with Gasteiger partial charge in [0.05, 0.1) is 6.54 Å². The molecule has 0 fully saturated rings. The molecule has 0 aliphatic carbocycles. The van der Waals surface area contributed by atoms with Crippen LogP contribution in [0.2, 0.25) is 0 Å². The SMILES string of the molecule is Cc1cccc(C(=O)NCC(C)(O)c2ccc(F)cc2F)n1. The zero-order valence-corrected chi connectivity index (χ0v) is 12.2. The summed E-state index contributed by atoms with van der Waals surface area (Å²) < 4.78 is 26.6. The highest BCUT2D eigenvalue weighted by molar-refractivity contribution is 5.92. The molecule has 2 rings (SSSR count). The molecule has 0 aliphatic rings. The first kappa shape index (κ1) is 16.0. The van der Waals surface area contributed by atoms with E-state index in [-0.39, 0.29) is 17.8 Å². The van der Waals surface area contributed by atoms with Crippen molar-refractivity contribution >= 4 is 5.91 Å². The molecular weight excluding hydrogens is 290 g/mol. The highest BCUT2D eigenvalue weighted by Gasteiger charge is 2.27. The molecule has 1 aromatic carbocycles. The predicted molar refractivity (Wildman–Crippen MR) is 77.2 cm³/mol. The van der Waals surface area contributed by atoms with Gasteiger partial charge in [0.2, 0.25) is 0 Å². The van der Waals surface area contributed by atoms with Crippen LogP contribution in [-0.4, -0.2) is 22.5 Å². The Morgan fingerprint density at radius 2 is 2.05 bits per heavy atom. The van der Waals surface area contributed by atoms with E-state index in [1.807, 2.05) is 0 Å². The van der Waals surface area contributed by atoms with Gasteiger partial charge in [0.25, 0.3) is 5.91 Å². The molecule has 1 unspecified atom stereocenters. The standard InChI is InChI=1S/C16H16F2N2O2/c1-10-4-3-5-14(20-10)15(21)19-9-16(2,22)12-7-6-11(17)8-13(12)18/h3-8,22H,9H2,1-2H3,(H,19,21). The maximum atomic E-state index is 13.7. The number of halogens is 2. The number of rotatable bonds is 4. The van der Waals surface area contributed by atoms with Crippen molar-refractivity contribution in [1.82, 2.24) is 10.3 Å². The molecule has 1 heterocycles. The van der Waals surface area contributed by atoms with Crippen LogP contribution >= 0.6 is 0 Å². The summed E-state index contributed by atoms with van der Waals surface area (Å²) in [5.41, 5.74) is -0.872. The van der Waals surface area contributed by atoms with Crippen molar-refractivity contribution < 1.29 is 18.7 Å². The minimum Gasteiger partial charge on any atom is -0.383 e. The van der Waals surface area contributed by atoms with Gasteiger partial charge in [-0.15, -0.1) is 0 Å². The van der Waals surface area contributed by atoms with Crippen molar-refractivity contribution in [2.45, 2.75) is 19.4 Å². The number of hydrogen-bond acceptors (Lipinski definition) is 3. The van der Waals surface area contributed by atoms with E-state index in [1.54, 1.807) is 19.1 Å². The van der Waals surface area contributed by atoms with Crippen LogP contribution in [0.1, 0.15) is 28.7 Å². The van der Waals surface area contributed by atoms with Crippen LogP contribution in [0.4, 0.5) is 8.78 Å². The highest BCUT2D eigenvalue weighted by Crippen LogP contribution is 2.23. The first-order valence-electron chi connectivity index (χ1n) is 6.69. The zero-order chi connectivity index (χ0) is 16.3. The van der Waals surface area contributed by atoms with Gasteiger partial charge in [0.15, 0.2) is 0 Å². The van der Waals surface area contributed by atoms with Crippen LogP contribution in [0.15, 0.2) is 36.4 Å². The van der Waals surface area contributed by atoms with Gasteiger partial charge in [0, 0.05) is 17.3 Å². The fourth-order valence-electron chi connectivity index (χ4n) is 2.03. The van der Waals surface area contributed by atoms with Crippen LogP contribution < -0.4 is 5.32 Å². The van der Waals surface area contributed by atoms with E-state index in [9.17, 15) is 18.7 Å². The largest absolute Gasteiger partial charge is 0.383 e. The summed E-state index contributed by atoms with van der Waals surface area (Å²) in [5, 5.41) is 12.8. The fraction of sp³-hybridized carbons (Fsp3) is 0.250. The van der Waals surface area contributed by atoms with Gasteiger partial charge in [-0.05, 0) is 32.0 Å². The molecule has 1 atom stereocenters. The van der Waals surface area contributed by atoms with E-state index in [0.717, 1.165) is 12.1 Å². The molecule has 0 saturated carbocycles. The first-order valence-corrected chi connectivity index (χ1v) is 6.69. The fourth-order valence-corrected chi connectivity index (χ4v) is 2.03. The minimum atomic E-state index is -1.67. The normalized spacial score (nSPS) is 13.5. The second kappa shape index (κ2) is 6.19. The minimum absolute atomic E-state index is 0.0913. The predicted octanol–water partition coefficient (Wildman–Crippen LogP) is 2.31. The van der Waals surface area contributed by atoms with Gasteiger partial charge in [-0.2, -0.15) is 0 Å². The Kier molecular flexibility index (Phi) is 4.51. The molecule has 6 heteroatoms. The second-order valence-corrected chi connectivity index (χ2v) is 5.24. The molecule has 0 spiro atoms. The molecule has 2 aromatic rings. The summed E-state index contributed by atoms with van der Waals surface area (Å²) in [6, 6.07) is 7.87. The number of aryl methyl sites for hydroxylation is 1. The quantitative estimate of drug-likeness (QED) is 0.911. The molecule has 1 aromatic heterocycles. The van der Waals surface area contributed by atoms with Crippen molar-refractivity contribution in [3.63, 3.8) is 0 Å². The second-order valence-electron chi connectivity index (χ2n) is 5.24. The molecule has 116 valence electrons. The lowest BCUT2D eigenvalue weighted by molar-refractivity contribution is 0.0493. The molecule has 0 radical (unpaired) electrons. The zero-order valence-electron chi connectivity index (χ0n) is 12.2. The first-order chi connectivity index (χ1) is 10.3. The molecule has 0 bridgehead atoms. The number of hydrogen-bond donors (Lipinski definition) is 2. The molecule has 0 aliphatic heterocycles. The van der Waals surface area contributed by atoms with Gasteiger partial charge in [0.1, 0.15) is 22.9 Å². The van der Waals surface area contributed by atoms with Crippen LogP contribution in [0.5, 0.6) is 0 Å². The number of carbonyl (C=O) groups is 1. The van der Waals surface area contributed by atoms with Crippen LogP contribution in [0.25, 0.3) is 0 Å². The van der Waals surface area contributed by atoms with Crippen LogP contribution in [-0.2, 0) is 5.60 Å². The number of aromatic nitrogens is 1. The molecule has 4 nitrogen and oxygen atoms in total. The molecular formula is C16H16F2N2O2. The number of nitrogens with zero attached hydrogens (tertiary/aromatic N) is 1. The molecule has 22 heavy (non-hydrogen) atoms. The van der Waals surface area contributed by atoms with Crippen molar-refractivity contribution in [3.05, 3.63) is 65.0 Å². The Morgan fingerprint density at radius 3 is 2.68 bits per heavy atom. The van der Waals surface area contributed by atoms with E-state index in [4.69, 9.17) is 0 Å². The van der Waals surface area contributed by atoms with Gasteiger partial charge >= 0.3 is 0 Å². The summed E-state index contributed by atoms with van der Waals surface area (Å²) in [4.78, 5) is 16.0. The van der Waals surface area contributed by atoms with Gasteiger partial charge in [-0.3, -0.25) is 4.79 Å². The average Bonchev–Trinajstić information content (AvgIpc) is 2.44. The Hall–Kier alpha value is -2.34. The van der Waals surface area contributed by atoms with E-state index < -0.39 is 23.1 Å². The Morgan fingerprint density at radius 1 is 1.32 bits per heavy atom. The topological polar surface area (TPSA) is 62.2 Å². The van der Waals surface area contributed by atoms with Crippen molar-refractivity contribution in [2.75, 3.05) is 6.54 Å². The average molecular weight is 306 g/mol. The van der Waals surface area contributed by atoms with Crippen molar-refractivity contribution in [2.24, 2.45) is 0 Å². The summed E-state index contributed by atoms with van der Waals surface area (Å²) >= 11 is 0. The van der Waals surface area contributed by atoms with Crippen molar-refractivity contribution in [3.8, 4) is 0 Å². The van der Waals surface area contributed by atoms with E-state index in [0.29, 0.717) is 11.8 Å². The monoisotopic (exact) mass is 306 g/mol. The Balaban J connectivity index is 2.10. The third-order valence-electron chi connectivity index (χ3n) is 3.23. The number of aliphatic hydroxyl groups is 1. The summed E-state index contributed by atoms with van der Waals surface area (Å²) in [6.07, 6.45) is 0. The number of amides is 1. The lowest BCUT2D eigenvalue weighted by Gasteiger charge is -2.24. The van der Waals surface area contributed by atoms with E-state index >= 15 is 0 Å². The highest BCUT2D eigenvalue weighted by atomic mass is 19.1. The van der Waals surface area contributed by atoms with Gasteiger partial charge in [-0.25, -0.2) is 13.8 Å². The van der Waals surface area contributed by atoms with Gasteiger partial charge in [-0.1, -0.05) is 12.1 Å². The van der Waals surface area contributed by atoms with Crippen LogP contribution in [0.3, 0.4) is 0 Å². The van der Waals surface area contributed by atoms with Gasteiger partial charge < -0.3 is 10.4 Å². The van der Waals surface area contributed by atoms with E-state index in [1.165, 1.54) is 13.0 Å². The summed E-state index contributed by atoms with van der Waals surface area (Å²) in [7, 11) is 0. The maximum Gasteiger partial charge on any atom is 0.269 e. The number of benzene rings is 1. The Bertz CT molecular complexity index is 702. The molecule has 1 amide bonds. The smallest absolute Gasteiger partial charge is 0.269 e. The number of pyridine rings is 1. The number of carbonyl (C=O) groups excluding carboxylic acids is 1. The van der Waals surface area contributed by atoms with E-state index in [2.05, 4.69) is 10.3 Å². The van der Waals surface area contributed by atoms with Crippen molar-refractivity contribution in [1.29, 1.82) is 0 Å². The Labute approximate surface area is 126 Å². The molecule has 2 N–H and O–H groups in total. The summed E-state index contributed by atoms with van der Waals surface area (Å²) in [5.74, 6) is -2.08. The maximum absolute atomic E-state index is 13.7.